The molecule has 1 aromatic heterocycles. The zero-order valence-electron chi connectivity index (χ0n) is 7.27. The second-order valence-corrected chi connectivity index (χ2v) is 2.48. The molecule has 72 valence electrons. The summed E-state index contributed by atoms with van der Waals surface area (Å²) in [5, 5.41) is 0. The Bertz CT molecular complexity index is 202. The monoisotopic (exact) mass is 184 g/mol. The quantitative estimate of drug-likeness (QED) is 0.493. The van der Waals surface area contributed by atoms with Crippen LogP contribution in [0.25, 0.3) is 0 Å². The Morgan fingerprint density at radius 2 is 1.92 bits per heavy atom. The molecule has 0 aliphatic carbocycles. The van der Waals surface area contributed by atoms with Gasteiger partial charge in [-0.3, -0.25) is 4.79 Å². The van der Waals surface area contributed by atoms with Crippen LogP contribution < -0.4 is 0 Å². The molecule has 1 aliphatic rings. The van der Waals surface area contributed by atoms with Crippen molar-refractivity contribution in [2.24, 2.45) is 0 Å². The molecular weight excluding hydrogens is 172 g/mol. The third-order valence-corrected chi connectivity index (χ3v) is 1.45. The van der Waals surface area contributed by atoms with E-state index in [1.807, 2.05) is 0 Å². The van der Waals surface area contributed by atoms with E-state index >= 15 is 0 Å². The average Bonchev–Trinajstić information content (AvgIpc) is 2.74. The molecule has 0 saturated carbocycles. The number of furan rings is 1. The van der Waals surface area contributed by atoms with Crippen molar-refractivity contribution in [1.82, 2.24) is 0 Å². The molecule has 0 atom stereocenters. The fourth-order valence-corrected chi connectivity index (χ4v) is 0.798. The lowest BCUT2D eigenvalue weighted by Gasteiger charge is -2.07. The molecule has 0 bridgehead atoms. The summed E-state index contributed by atoms with van der Waals surface area (Å²) in [7, 11) is 0. The highest BCUT2D eigenvalue weighted by Gasteiger charge is 1.95. The molecule has 13 heavy (non-hydrogen) atoms. The third kappa shape index (κ3) is 4.45. The molecule has 1 aromatic rings. The van der Waals surface area contributed by atoms with Crippen molar-refractivity contribution in [3.8, 4) is 0 Å². The average molecular weight is 184 g/mol. The van der Waals surface area contributed by atoms with E-state index in [0.717, 1.165) is 26.1 Å². The maximum absolute atomic E-state index is 9.77. The van der Waals surface area contributed by atoms with Gasteiger partial charge in [0.1, 0.15) is 0 Å². The lowest BCUT2D eigenvalue weighted by Crippen LogP contribution is -2.05. The number of carbonyl (C=O) groups is 1. The Balaban J connectivity index is 0.000000132. The molecule has 0 spiro atoms. The first-order valence-electron chi connectivity index (χ1n) is 4.16. The van der Waals surface area contributed by atoms with Crippen LogP contribution in [0.3, 0.4) is 0 Å². The highest BCUT2D eigenvalue weighted by Crippen LogP contribution is 1.97. The zero-order chi connectivity index (χ0) is 9.36. The van der Waals surface area contributed by atoms with Crippen molar-refractivity contribution >= 4 is 6.29 Å². The van der Waals surface area contributed by atoms with Gasteiger partial charge in [-0.2, -0.15) is 0 Å². The van der Waals surface area contributed by atoms with E-state index < -0.39 is 0 Å². The molecule has 2 rings (SSSR count). The molecule has 1 saturated heterocycles. The van der Waals surface area contributed by atoms with Gasteiger partial charge in [0, 0.05) is 0 Å². The normalized spacial score (nSPS) is 15.7. The Morgan fingerprint density at radius 3 is 2.15 bits per heavy atom. The molecule has 0 radical (unpaired) electrons. The minimum absolute atomic E-state index is 0.375. The van der Waals surface area contributed by atoms with Crippen LogP contribution in [0.15, 0.2) is 22.8 Å². The number of carbonyl (C=O) groups excluding carboxylic acids is 1. The van der Waals surface area contributed by atoms with E-state index in [1.54, 1.807) is 12.1 Å². The first-order valence-corrected chi connectivity index (χ1v) is 4.16. The molecule has 0 amide bonds. The van der Waals surface area contributed by atoms with Gasteiger partial charge in [0.25, 0.3) is 0 Å². The van der Waals surface area contributed by atoms with Gasteiger partial charge in [-0.25, -0.2) is 9.78 Å². The molecule has 4 heteroatoms. The summed E-state index contributed by atoms with van der Waals surface area (Å²) in [5.41, 5.74) is 0. The predicted molar refractivity (Wildman–Crippen MR) is 45.2 cm³/mol. The van der Waals surface area contributed by atoms with Crippen LogP contribution in [0.5, 0.6) is 0 Å². The second-order valence-electron chi connectivity index (χ2n) is 2.48. The topological polar surface area (TPSA) is 48.7 Å². The van der Waals surface area contributed by atoms with Gasteiger partial charge < -0.3 is 4.42 Å². The minimum atomic E-state index is 0.375. The predicted octanol–water partition coefficient (Wildman–Crippen LogP) is 1.82. The maximum Gasteiger partial charge on any atom is 0.185 e. The molecule has 0 N–H and O–H groups in total. The highest BCUT2D eigenvalue weighted by atomic mass is 17.2. The van der Waals surface area contributed by atoms with Gasteiger partial charge in [0.15, 0.2) is 12.0 Å². The highest BCUT2D eigenvalue weighted by molar-refractivity contribution is 5.69. The van der Waals surface area contributed by atoms with Gasteiger partial charge in [-0.05, 0) is 25.0 Å². The Labute approximate surface area is 76.4 Å². The number of hydrogen-bond acceptors (Lipinski definition) is 4. The van der Waals surface area contributed by atoms with Crippen LogP contribution in [-0.4, -0.2) is 19.5 Å². The molecule has 0 aromatic carbocycles. The van der Waals surface area contributed by atoms with E-state index in [4.69, 9.17) is 0 Å². The molecular formula is C9H12O4. The van der Waals surface area contributed by atoms with Crippen LogP contribution in [0, 0.1) is 0 Å². The molecule has 4 nitrogen and oxygen atoms in total. The molecule has 0 unspecified atom stereocenters. The fourth-order valence-electron chi connectivity index (χ4n) is 0.798. The Hall–Kier alpha value is -1.13. The largest absolute Gasteiger partial charge is 0.462 e. The molecule has 1 fully saturated rings. The number of hydrogen-bond donors (Lipinski definition) is 0. The third-order valence-electron chi connectivity index (χ3n) is 1.45. The van der Waals surface area contributed by atoms with Crippen LogP contribution in [0.2, 0.25) is 0 Å². The smallest absolute Gasteiger partial charge is 0.185 e. The van der Waals surface area contributed by atoms with Crippen LogP contribution in [0.4, 0.5) is 0 Å². The lowest BCUT2D eigenvalue weighted by atomic mass is 10.3. The second kappa shape index (κ2) is 6.39. The maximum atomic E-state index is 9.77. The standard InChI is InChI=1S/C5H4O2.C4H8O2/c6-4-5-2-1-3-7-5;1-2-4-6-5-3-1/h1-4H;1-4H2. The summed E-state index contributed by atoms with van der Waals surface area (Å²) in [4.78, 5) is 18.9. The van der Waals surface area contributed by atoms with Crippen molar-refractivity contribution in [1.29, 1.82) is 0 Å². The van der Waals surface area contributed by atoms with Gasteiger partial charge in [-0.15, -0.1) is 0 Å². The van der Waals surface area contributed by atoms with Crippen molar-refractivity contribution in [3.05, 3.63) is 24.2 Å². The van der Waals surface area contributed by atoms with Gasteiger partial charge in [0.2, 0.25) is 0 Å². The summed E-state index contributed by atoms with van der Waals surface area (Å²) < 4.78 is 4.61. The first-order chi connectivity index (χ1) is 6.43. The summed E-state index contributed by atoms with van der Waals surface area (Å²) in [5.74, 6) is 0.375. The summed E-state index contributed by atoms with van der Waals surface area (Å²) in [6, 6.07) is 3.27. The fraction of sp³-hybridized carbons (Fsp3) is 0.444. The zero-order valence-corrected chi connectivity index (χ0v) is 7.27. The summed E-state index contributed by atoms with van der Waals surface area (Å²) in [6.07, 6.45) is 4.43. The van der Waals surface area contributed by atoms with Crippen molar-refractivity contribution in [2.45, 2.75) is 12.8 Å². The number of aldehydes is 1. The Morgan fingerprint density at radius 1 is 1.23 bits per heavy atom. The Kier molecular flexibility index (Phi) is 4.90. The van der Waals surface area contributed by atoms with E-state index in [1.165, 1.54) is 6.26 Å². The summed E-state index contributed by atoms with van der Waals surface area (Å²) in [6.45, 7) is 1.56. The first kappa shape index (κ1) is 9.95. The van der Waals surface area contributed by atoms with E-state index in [0.29, 0.717) is 12.0 Å². The molecule has 1 aliphatic heterocycles. The van der Waals surface area contributed by atoms with Crippen LogP contribution in [0.1, 0.15) is 23.4 Å². The van der Waals surface area contributed by atoms with Crippen molar-refractivity contribution < 1.29 is 19.0 Å². The van der Waals surface area contributed by atoms with E-state index in [-0.39, 0.29) is 0 Å². The van der Waals surface area contributed by atoms with Crippen molar-refractivity contribution in [2.75, 3.05) is 13.2 Å². The van der Waals surface area contributed by atoms with Crippen LogP contribution >= 0.6 is 0 Å². The van der Waals surface area contributed by atoms with E-state index in [2.05, 4.69) is 14.2 Å². The van der Waals surface area contributed by atoms with Gasteiger partial charge in [-0.1, -0.05) is 0 Å². The SMILES string of the molecule is C1CCOOC1.O=Cc1ccco1. The number of rotatable bonds is 1. The van der Waals surface area contributed by atoms with Crippen LogP contribution in [-0.2, 0) is 9.78 Å². The molecule has 2 heterocycles. The van der Waals surface area contributed by atoms with Crippen molar-refractivity contribution in [3.63, 3.8) is 0 Å². The van der Waals surface area contributed by atoms with Gasteiger partial charge in [0.05, 0.1) is 19.5 Å². The van der Waals surface area contributed by atoms with E-state index in [9.17, 15) is 4.79 Å². The summed E-state index contributed by atoms with van der Waals surface area (Å²) >= 11 is 0. The van der Waals surface area contributed by atoms with Gasteiger partial charge >= 0.3 is 0 Å². The minimum Gasteiger partial charge on any atom is -0.462 e. The lowest BCUT2D eigenvalue weighted by molar-refractivity contribution is -0.312.